The molecule has 3 aromatic heterocycles. The normalized spacial score (nSPS) is 11.0. The van der Waals surface area contributed by atoms with Gasteiger partial charge in [0, 0.05) is 40.1 Å². The van der Waals surface area contributed by atoms with Gasteiger partial charge in [-0.1, -0.05) is 6.07 Å². The minimum atomic E-state index is -0.0489. The van der Waals surface area contributed by atoms with Crippen molar-refractivity contribution in [1.82, 2.24) is 14.5 Å². The second kappa shape index (κ2) is 6.72. The standard InChI is InChI=1S/C20H17N3O2S/c1-13-10-17(14(2)23(13)20-22-8-9-26-20)19(24)12-25-16-5-6-18-15(11-16)4-3-7-21-18/h3-11H,12H2,1-2H3. The van der Waals surface area contributed by atoms with Crippen LogP contribution >= 0.6 is 11.3 Å². The second-order valence-electron chi connectivity index (χ2n) is 6.00. The van der Waals surface area contributed by atoms with Gasteiger partial charge < -0.3 is 4.74 Å². The van der Waals surface area contributed by atoms with E-state index in [1.54, 1.807) is 23.7 Å². The van der Waals surface area contributed by atoms with E-state index in [4.69, 9.17) is 4.74 Å². The van der Waals surface area contributed by atoms with Gasteiger partial charge in [-0.05, 0) is 44.2 Å². The number of fused-ring (bicyclic) bond motifs is 1. The number of nitrogens with zero attached hydrogens (tertiary/aromatic N) is 3. The maximum Gasteiger partial charge on any atom is 0.202 e. The molecule has 0 radical (unpaired) electrons. The zero-order valence-electron chi connectivity index (χ0n) is 14.5. The van der Waals surface area contributed by atoms with E-state index in [1.165, 1.54) is 0 Å². The van der Waals surface area contributed by atoms with Crippen molar-refractivity contribution in [2.75, 3.05) is 6.61 Å². The van der Waals surface area contributed by atoms with Crippen LogP contribution in [0.2, 0.25) is 0 Å². The van der Waals surface area contributed by atoms with Crippen LogP contribution in [-0.2, 0) is 0 Å². The lowest BCUT2D eigenvalue weighted by atomic mass is 10.1. The van der Waals surface area contributed by atoms with Gasteiger partial charge in [-0.25, -0.2) is 4.98 Å². The largest absolute Gasteiger partial charge is 0.485 e. The maximum atomic E-state index is 12.7. The minimum Gasteiger partial charge on any atom is -0.485 e. The average Bonchev–Trinajstić information content (AvgIpc) is 3.27. The zero-order valence-corrected chi connectivity index (χ0v) is 15.3. The predicted molar refractivity (Wildman–Crippen MR) is 102 cm³/mol. The fourth-order valence-corrected chi connectivity index (χ4v) is 3.79. The number of thiazole rings is 1. The van der Waals surface area contributed by atoms with Crippen LogP contribution in [-0.4, -0.2) is 26.9 Å². The summed E-state index contributed by atoms with van der Waals surface area (Å²) < 4.78 is 7.73. The monoisotopic (exact) mass is 363 g/mol. The second-order valence-corrected chi connectivity index (χ2v) is 6.88. The number of ether oxygens (including phenoxy) is 1. The Kier molecular flexibility index (Phi) is 4.26. The SMILES string of the molecule is Cc1cc(C(=O)COc2ccc3ncccc3c2)c(C)n1-c1nccs1. The quantitative estimate of drug-likeness (QED) is 0.494. The number of aromatic nitrogens is 3. The van der Waals surface area contributed by atoms with Gasteiger partial charge >= 0.3 is 0 Å². The smallest absolute Gasteiger partial charge is 0.202 e. The van der Waals surface area contributed by atoms with Gasteiger partial charge in [0.05, 0.1) is 5.52 Å². The number of hydrogen-bond acceptors (Lipinski definition) is 5. The van der Waals surface area contributed by atoms with Crippen molar-refractivity contribution in [3.8, 4) is 10.9 Å². The van der Waals surface area contributed by atoms with Crippen molar-refractivity contribution in [2.45, 2.75) is 13.8 Å². The molecule has 0 aliphatic carbocycles. The summed E-state index contributed by atoms with van der Waals surface area (Å²) in [6.07, 6.45) is 3.52. The van der Waals surface area contributed by atoms with Gasteiger partial charge in [0.2, 0.25) is 5.78 Å². The van der Waals surface area contributed by atoms with Gasteiger partial charge in [-0.2, -0.15) is 0 Å². The zero-order chi connectivity index (χ0) is 18.1. The fourth-order valence-electron chi connectivity index (χ4n) is 3.04. The molecule has 0 atom stereocenters. The molecule has 0 aliphatic rings. The molecular weight excluding hydrogens is 346 g/mol. The van der Waals surface area contributed by atoms with Crippen molar-refractivity contribution in [1.29, 1.82) is 0 Å². The highest BCUT2D eigenvalue weighted by atomic mass is 32.1. The van der Waals surface area contributed by atoms with E-state index in [0.29, 0.717) is 11.3 Å². The average molecular weight is 363 g/mol. The molecule has 0 fully saturated rings. The molecule has 3 heterocycles. The number of aryl methyl sites for hydroxylation is 1. The Bertz CT molecular complexity index is 1080. The van der Waals surface area contributed by atoms with Gasteiger partial charge in [0.25, 0.3) is 0 Å². The van der Waals surface area contributed by atoms with Gasteiger partial charge in [-0.15, -0.1) is 11.3 Å². The van der Waals surface area contributed by atoms with E-state index < -0.39 is 0 Å². The Hall–Kier alpha value is -2.99. The van der Waals surface area contributed by atoms with Crippen LogP contribution in [0.25, 0.3) is 16.0 Å². The van der Waals surface area contributed by atoms with Crippen LogP contribution in [0.4, 0.5) is 0 Å². The summed E-state index contributed by atoms with van der Waals surface area (Å²) in [6.45, 7) is 3.90. The van der Waals surface area contributed by atoms with Gasteiger partial charge in [0.15, 0.2) is 11.7 Å². The maximum absolute atomic E-state index is 12.7. The number of Topliss-reactive ketones (excluding diaryl/α,β-unsaturated/α-hetero) is 1. The van der Waals surface area contributed by atoms with Crippen molar-refractivity contribution in [3.63, 3.8) is 0 Å². The number of carbonyl (C=O) groups is 1. The van der Waals surface area contributed by atoms with Crippen LogP contribution < -0.4 is 4.74 Å². The number of benzene rings is 1. The van der Waals surface area contributed by atoms with E-state index in [1.807, 2.05) is 60.2 Å². The number of rotatable bonds is 5. The molecule has 130 valence electrons. The lowest BCUT2D eigenvalue weighted by Crippen LogP contribution is -2.12. The highest BCUT2D eigenvalue weighted by molar-refractivity contribution is 7.12. The topological polar surface area (TPSA) is 57.0 Å². The first-order chi connectivity index (χ1) is 12.6. The summed E-state index contributed by atoms with van der Waals surface area (Å²) in [6, 6.07) is 11.4. The van der Waals surface area contributed by atoms with Crippen LogP contribution in [0.3, 0.4) is 0 Å². The molecule has 0 bridgehead atoms. The Morgan fingerprint density at radius 3 is 2.85 bits per heavy atom. The molecule has 0 unspecified atom stereocenters. The molecule has 0 N–H and O–H groups in total. The molecule has 6 heteroatoms. The highest BCUT2D eigenvalue weighted by Crippen LogP contribution is 2.23. The van der Waals surface area contributed by atoms with Gasteiger partial charge in [-0.3, -0.25) is 14.3 Å². The molecule has 0 saturated heterocycles. The van der Waals surface area contributed by atoms with Crippen molar-refractivity contribution < 1.29 is 9.53 Å². The summed E-state index contributed by atoms with van der Waals surface area (Å²) in [4.78, 5) is 21.3. The lowest BCUT2D eigenvalue weighted by molar-refractivity contribution is 0.0921. The van der Waals surface area contributed by atoms with Crippen LogP contribution in [0.15, 0.2) is 54.2 Å². The Morgan fingerprint density at radius 1 is 1.15 bits per heavy atom. The molecule has 26 heavy (non-hydrogen) atoms. The number of hydrogen-bond donors (Lipinski definition) is 0. The molecular formula is C20H17N3O2S. The van der Waals surface area contributed by atoms with Crippen LogP contribution in [0.5, 0.6) is 5.75 Å². The summed E-state index contributed by atoms with van der Waals surface area (Å²) in [5.41, 5.74) is 3.43. The fraction of sp³-hybridized carbons (Fsp3) is 0.150. The molecule has 4 aromatic rings. The third-order valence-electron chi connectivity index (χ3n) is 4.29. The van der Waals surface area contributed by atoms with E-state index in [0.717, 1.165) is 27.4 Å². The Labute approximate surface area is 154 Å². The summed E-state index contributed by atoms with van der Waals surface area (Å²) in [7, 11) is 0. The molecule has 0 saturated carbocycles. The first-order valence-corrected chi connectivity index (χ1v) is 9.11. The van der Waals surface area contributed by atoms with Crippen molar-refractivity contribution in [3.05, 3.63) is 71.1 Å². The van der Waals surface area contributed by atoms with E-state index >= 15 is 0 Å². The highest BCUT2D eigenvalue weighted by Gasteiger charge is 2.18. The first-order valence-electron chi connectivity index (χ1n) is 8.23. The van der Waals surface area contributed by atoms with Crippen LogP contribution in [0.1, 0.15) is 21.7 Å². The summed E-state index contributed by atoms with van der Waals surface area (Å²) >= 11 is 1.54. The van der Waals surface area contributed by atoms with E-state index in [9.17, 15) is 4.79 Å². The molecule has 4 rings (SSSR count). The van der Waals surface area contributed by atoms with Crippen molar-refractivity contribution in [2.24, 2.45) is 0 Å². The summed E-state index contributed by atoms with van der Waals surface area (Å²) in [5, 5.41) is 3.77. The van der Waals surface area contributed by atoms with Crippen molar-refractivity contribution >= 4 is 28.0 Å². The van der Waals surface area contributed by atoms with E-state index in [2.05, 4.69) is 9.97 Å². The third kappa shape index (κ3) is 2.99. The number of pyridine rings is 1. The number of ketones is 1. The van der Waals surface area contributed by atoms with E-state index in [-0.39, 0.29) is 12.4 Å². The molecule has 1 aromatic carbocycles. The molecule has 5 nitrogen and oxygen atoms in total. The lowest BCUT2D eigenvalue weighted by Gasteiger charge is -2.07. The third-order valence-corrected chi connectivity index (χ3v) is 5.04. The Balaban J connectivity index is 1.54. The molecule has 0 aliphatic heterocycles. The number of carbonyl (C=O) groups excluding carboxylic acids is 1. The predicted octanol–water partition coefficient (Wildman–Crippen LogP) is 4.36. The molecule has 0 spiro atoms. The van der Waals surface area contributed by atoms with Gasteiger partial charge in [0.1, 0.15) is 5.75 Å². The van der Waals surface area contributed by atoms with Crippen LogP contribution in [0, 0.1) is 13.8 Å². The first kappa shape index (κ1) is 16.5. The Morgan fingerprint density at radius 2 is 2.04 bits per heavy atom. The molecule has 0 amide bonds. The summed E-state index contributed by atoms with van der Waals surface area (Å²) in [5.74, 6) is 0.611. The minimum absolute atomic E-state index is 0.00602.